The Bertz CT molecular complexity index is 663. The molecule has 6 nitrogen and oxygen atoms in total. The third kappa shape index (κ3) is 5.00. The molecule has 0 aliphatic heterocycles. The average molecular weight is 363 g/mol. The molecule has 8 heteroatoms. The normalized spacial score (nSPS) is 14.0. The van der Waals surface area contributed by atoms with Crippen LogP contribution in [0.5, 0.6) is 5.75 Å². The Labute approximate surface area is 142 Å². The Hall–Kier alpha value is -1.47. The van der Waals surface area contributed by atoms with E-state index in [2.05, 4.69) is 5.32 Å². The van der Waals surface area contributed by atoms with Gasteiger partial charge in [-0.3, -0.25) is 9.10 Å². The molecule has 2 atom stereocenters. The quantitative estimate of drug-likeness (QED) is 0.808. The number of ether oxygens (including phenoxy) is 1. The zero-order valence-electron chi connectivity index (χ0n) is 14.0. The molecule has 0 saturated carbocycles. The lowest BCUT2D eigenvalue weighted by Crippen LogP contribution is -2.49. The van der Waals surface area contributed by atoms with E-state index >= 15 is 0 Å². The molecule has 0 aromatic heterocycles. The first-order valence-electron chi connectivity index (χ1n) is 7.25. The number of benzene rings is 1. The molecule has 0 unspecified atom stereocenters. The van der Waals surface area contributed by atoms with Crippen molar-refractivity contribution in [2.45, 2.75) is 39.3 Å². The number of hydrogen-bond acceptors (Lipinski definition) is 4. The molecule has 0 fully saturated rings. The highest BCUT2D eigenvalue weighted by molar-refractivity contribution is 7.92. The van der Waals surface area contributed by atoms with Crippen LogP contribution in [0.25, 0.3) is 0 Å². The molecule has 0 radical (unpaired) electrons. The molecule has 0 aliphatic carbocycles. The summed E-state index contributed by atoms with van der Waals surface area (Å²) >= 11 is 6.07. The van der Waals surface area contributed by atoms with Gasteiger partial charge in [-0.05, 0) is 38.5 Å². The van der Waals surface area contributed by atoms with E-state index in [-0.39, 0.29) is 17.0 Å². The van der Waals surface area contributed by atoms with E-state index in [1.807, 2.05) is 13.8 Å². The third-order valence-electron chi connectivity index (χ3n) is 3.48. The maximum absolute atomic E-state index is 12.3. The third-order valence-corrected chi connectivity index (χ3v) is 5.02. The van der Waals surface area contributed by atoms with Crippen LogP contribution >= 0.6 is 11.6 Å². The van der Waals surface area contributed by atoms with E-state index < -0.39 is 16.1 Å². The van der Waals surface area contributed by atoms with Crippen LogP contribution in [-0.2, 0) is 14.8 Å². The molecule has 23 heavy (non-hydrogen) atoms. The summed E-state index contributed by atoms with van der Waals surface area (Å²) in [6.07, 6.45) is 1.81. The Kier molecular flexibility index (Phi) is 6.70. The number of halogens is 1. The number of rotatable bonds is 7. The zero-order chi connectivity index (χ0) is 17.8. The first-order chi connectivity index (χ1) is 10.6. The first-order valence-corrected chi connectivity index (χ1v) is 9.47. The minimum atomic E-state index is -3.67. The van der Waals surface area contributed by atoms with Gasteiger partial charge in [-0.25, -0.2) is 8.42 Å². The van der Waals surface area contributed by atoms with Crippen LogP contribution in [0.2, 0.25) is 5.02 Å². The molecular weight excluding hydrogens is 340 g/mol. The monoisotopic (exact) mass is 362 g/mol. The molecule has 1 amide bonds. The summed E-state index contributed by atoms with van der Waals surface area (Å²) in [6, 6.07) is 3.65. The minimum Gasteiger partial charge on any atom is -0.495 e. The van der Waals surface area contributed by atoms with Crippen molar-refractivity contribution < 1.29 is 17.9 Å². The fraction of sp³-hybridized carbons (Fsp3) is 0.533. The summed E-state index contributed by atoms with van der Waals surface area (Å²) in [6.45, 7) is 5.34. The number of anilines is 1. The number of nitrogens with one attached hydrogen (secondary N) is 1. The van der Waals surface area contributed by atoms with E-state index in [4.69, 9.17) is 16.3 Å². The van der Waals surface area contributed by atoms with E-state index in [1.54, 1.807) is 12.1 Å². The van der Waals surface area contributed by atoms with Crippen molar-refractivity contribution in [2.24, 2.45) is 0 Å². The van der Waals surface area contributed by atoms with E-state index in [0.717, 1.165) is 17.0 Å². The van der Waals surface area contributed by atoms with E-state index in [9.17, 15) is 13.2 Å². The topological polar surface area (TPSA) is 75.7 Å². The van der Waals surface area contributed by atoms with Crippen molar-refractivity contribution >= 4 is 33.2 Å². The Morgan fingerprint density at radius 2 is 2.00 bits per heavy atom. The molecule has 130 valence electrons. The van der Waals surface area contributed by atoms with Gasteiger partial charge in [0.2, 0.25) is 15.9 Å². The fourth-order valence-corrected chi connectivity index (χ4v) is 3.49. The number of amides is 1. The first kappa shape index (κ1) is 19.6. The maximum atomic E-state index is 12.3. The van der Waals surface area contributed by atoms with Crippen molar-refractivity contribution in [1.29, 1.82) is 0 Å². The zero-order valence-corrected chi connectivity index (χ0v) is 15.5. The van der Waals surface area contributed by atoms with Crippen LogP contribution in [0.4, 0.5) is 5.69 Å². The van der Waals surface area contributed by atoms with Crippen LogP contribution in [0.15, 0.2) is 18.2 Å². The number of carbonyl (C=O) groups excluding carboxylic acids is 1. The van der Waals surface area contributed by atoms with Crippen LogP contribution in [0.3, 0.4) is 0 Å². The highest BCUT2D eigenvalue weighted by atomic mass is 35.5. The van der Waals surface area contributed by atoms with Crippen molar-refractivity contribution in [2.75, 3.05) is 17.7 Å². The SMILES string of the molecule is CC[C@H](C)NC(=O)[C@@H](C)N(c1ccc(OC)c(Cl)c1)S(C)(=O)=O. The van der Waals surface area contributed by atoms with Gasteiger partial charge in [-0.2, -0.15) is 0 Å². The highest BCUT2D eigenvalue weighted by Crippen LogP contribution is 2.31. The lowest BCUT2D eigenvalue weighted by Gasteiger charge is -2.29. The molecule has 1 aromatic carbocycles. The molecule has 0 saturated heterocycles. The second-order valence-electron chi connectivity index (χ2n) is 5.37. The number of methoxy groups -OCH3 is 1. The Morgan fingerprint density at radius 1 is 1.39 bits per heavy atom. The lowest BCUT2D eigenvalue weighted by molar-refractivity contribution is -0.122. The van der Waals surface area contributed by atoms with Crippen LogP contribution < -0.4 is 14.4 Å². The van der Waals surface area contributed by atoms with Gasteiger partial charge >= 0.3 is 0 Å². The predicted octanol–water partition coefficient (Wildman–Crippen LogP) is 2.42. The Balaban J connectivity index is 3.20. The maximum Gasteiger partial charge on any atom is 0.243 e. The summed E-state index contributed by atoms with van der Waals surface area (Å²) < 4.78 is 30.5. The molecule has 1 rings (SSSR count). The summed E-state index contributed by atoms with van der Waals surface area (Å²) in [5.41, 5.74) is 0.310. The van der Waals surface area contributed by atoms with Crippen molar-refractivity contribution in [3.63, 3.8) is 0 Å². The summed E-state index contributed by atoms with van der Waals surface area (Å²) in [5, 5.41) is 3.06. The summed E-state index contributed by atoms with van der Waals surface area (Å²) in [7, 11) is -2.20. The molecule has 0 spiro atoms. The van der Waals surface area contributed by atoms with Gasteiger partial charge in [0, 0.05) is 6.04 Å². The van der Waals surface area contributed by atoms with Gasteiger partial charge in [0.15, 0.2) is 0 Å². The van der Waals surface area contributed by atoms with Crippen molar-refractivity contribution in [1.82, 2.24) is 5.32 Å². The molecule has 0 heterocycles. The molecule has 0 bridgehead atoms. The smallest absolute Gasteiger partial charge is 0.243 e. The number of nitrogens with zero attached hydrogens (tertiary/aromatic N) is 1. The van der Waals surface area contributed by atoms with Gasteiger partial charge < -0.3 is 10.1 Å². The van der Waals surface area contributed by atoms with E-state index in [1.165, 1.54) is 20.1 Å². The average Bonchev–Trinajstić information content (AvgIpc) is 2.45. The van der Waals surface area contributed by atoms with E-state index in [0.29, 0.717) is 11.4 Å². The van der Waals surface area contributed by atoms with Crippen molar-refractivity contribution in [3.8, 4) is 5.75 Å². The minimum absolute atomic E-state index is 0.0363. The highest BCUT2D eigenvalue weighted by Gasteiger charge is 2.30. The number of carbonyl (C=O) groups is 1. The lowest BCUT2D eigenvalue weighted by atomic mass is 10.2. The van der Waals surface area contributed by atoms with Gasteiger partial charge in [-0.15, -0.1) is 0 Å². The summed E-state index contributed by atoms with van der Waals surface area (Å²) in [4.78, 5) is 12.3. The number of hydrogen-bond donors (Lipinski definition) is 1. The van der Waals surface area contributed by atoms with Gasteiger partial charge in [0.1, 0.15) is 11.8 Å². The van der Waals surface area contributed by atoms with Crippen LogP contribution in [-0.4, -0.2) is 39.8 Å². The molecule has 0 aliphatic rings. The molecule has 1 aromatic rings. The van der Waals surface area contributed by atoms with Gasteiger partial charge in [0.25, 0.3) is 0 Å². The molecule has 1 N–H and O–H groups in total. The second kappa shape index (κ2) is 7.88. The van der Waals surface area contributed by atoms with Gasteiger partial charge in [-0.1, -0.05) is 18.5 Å². The Morgan fingerprint density at radius 3 is 2.43 bits per heavy atom. The van der Waals surface area contributed by atoms with Crippen molar-refractivity contribution in [3.05, 3.63) is 23.2 Å². The van der Waals surface area contributed by atoms with Crippen LogP contribution in [0, 0.1) is 0 Å². The second-order valence-corrected chi connectivity index (χ2v) is 7.64. The predicted molar refractivity (Wildman–Crippen MR) is 92.7 cm³/mol. The summed E-state index contributed by atoms with van der Waals surface area (Å²) in [5.74, 6) is 0.0669. The fourth-order valence-electron chi connectivity index (χ4n) is 2.07. The molecular formula is C15H23ClN2O4S. The standard InChI is InChI=1S/C15H23ClN2O4S/c1-6-10(2)17-15(19)11(3)18(23(5,20)21)12-7-8-14(22-4)13(16)9-12/h7-11H,6H2,1-5H3,(H,17,19)/t10-,11+/m0/s1. The number of sulfonamides is 1. The van der Waals surface area contributed by atoms with Crippen LogP contribution in [0.1, 0.15) is 27.2 Å². The van der Waals surface area contributed by atoms with Gasteiger partial charge in [0.05, 0.1) is 24.1 Å². The largest absolute Gasteiger partial charge is 0.495 e.